The lowest BCUT2D eigenvalue weighted by Crippen LogP contribution is -2.17. The van der Waals surface area contributed by atoms with E-state index in [1.165, 1.54) is 31.5 Å². The number of carboxylic acids is 1. The number of nitrogens with zero attached hydrogens (tertiary/aromatic N) is 1. The van der Waals surface area contributed by atoms with Crippen LogP contribution in [0.25, 0.3) is 0 Å². The lowest BCUT2D eigenvalue weighted by molar-refractivity contribution is 0.0697. The van der Waals surface area contributed by atoms with E-state index in [-0.39, 0.29) is 10.6 Å². The summed E-state index contributed by atoms with van der Waals surface area (Å²) in [5.41, 5.74) is 0.0913. The van der Waals surface area contributed by atoms with Crippen molar-refractivity contribution in [1.82, 2.24) is 4.98 Å². The van der Waals surface area contributed by atoms with Crippen LogP contribution in [-0.4, -0.2) is 22.6 Å². The number of rotatable bonds is 4. The van der Waals surface area contributed by atoms with Gasteiger partial charge in [0.15, 0.2) is 0 Å². The maximum absolute atomic E-state index is 10.9. The van der Waals surface area contributed by atoms with Crippen molar-refractivity contribution in [3.63, 3.8) is 0 Å². The van der Waals surface area contributed by atoms with Gasteiger partial charge < -0.3 is 10.4 Å². The quantitative estimate of drug-likeness (QED) is 0.880. The van der Waals surface area contributed by atoms with E-state index in [1.807, 2.05) is 0 Å². The Hall–Kier alpha value is -1.29. The van der Waals surface area contributed by atoms with Gasteiger partial charge in [0.2, 0.25) is 0 Å². The summed E-state index contributed by atoms with van der Waals surface area (Å²) in [7, 11) is 0. The minimum Gasteiger partial charge on any atom is -0.478 e. The third-order valence-electron chi connectivity index (χ3n) is 3.69. The first-order valence-corrected chi connectivity index (χ1v) is 6.59. The van der Waals surface area contributed by atoms with Crippen molar-refractivity contribution in [2.45, 2.75) is 26.2 Å². The first-order chi connectivity index (χ1) is 8.59. The van der Waals surface area contributed by atoms with Crippen LogP contribution in [0.3, 0.4) is 0 Å². The van der Waals surface area contributed by atoms with E-state index in [0.29, 0.717) is 17.7 Å². The number of nitrogens with one attached hydrogen (secondary N) is 1. The fraction of sp³-hybridized carbons (Fsp3) is 0.538. The van der Waals surface area contributed by atoms with Gasteiger partial charge in [0.05, 0.1) is 10.6 Å². The molecule has 4 nitrogen and oxygen atoms in total. The molecule has 0 bridgehead atoms. The van der Waals surface area contributed by atoms with E-state index in [1.54, 1.807) is 0 Å². The number of halogens is 1. The van der Waals surface area contributed by atoms with E-state index < -0.39 is 5.97 Å². The average molecular weight is 269 g/mol. The normalized spacial score (nSPS) is 23.0. The Morgan fingerprint density at radius 2 is 2.39 bits per heavy atom. The highest BCUT2D eigenvalue weighted by Gasteiger charge is 2.23. The fourth-order valence-electron chi connectivity index (χ4n) is 2.49. The number of hydrogen-bond acceptors (Lipinski definition) is 3. The number of pyridine rings is 1. The van der Waals surface area contributed by atoms with Crippen LogP contribution < -0.4 is 5.32 Å². The molecule has 0 amide bonds. The van der Waals surface area contributed by atoms with Gasteiger partial charge in [-0.05, 0) is 24.3 Å². The van der Waals surface area contributed by atoms with E-state index in [0.717, 1.165) is 6.54 Å². The number of aromatic nitrogens is 1. The van der Waals surface area contributed by atoms with Crippen molar-refractivity contribution in [3.8, 4) is 0 Å². The Morgan fingerprint density at radius 3 is 3.00 bits per heavy atom. The molecule has 98 valence electrons. The third-order valence-corrected chi connectivity index (χ3v) is 4.07. The van der Waals surface area contributed by atoms with Gasteiger partial charge in [0, 0.05) is 12.7 Å². The van der Waals surface area contributed by atoms with Gasteiger partial charge in [-0.25, -0.2) is 9.78 Å². The smallest absolute Gasteiger partial charge is 0.337 e. The molecule has 2 unspecified atom stereocenters. The van der Waals surface area contributed by atoms with Gasteiger partial charge in [0.25, 0.3) is 0 Å². The van der Waals surface area contributed by atoms with Crippen LogP contribution in [0.4, 0.5) is 5.82 Å². The number of hydrogen-bond donors (Lipinski definition) is 2. The first kappa shape index (κ1) is 13.1. The van der Waals surface area contributed by atoms with Crippen molar-refractivity contribution in [3.05, 3.63) is 22.8 Å². The largest absolute Gasteiger partial charge is 0.478 e. The molecule has 1 fully saturated rings. The van der Waals surface area contributed by atoms with Crippen LogP contribution in [0.15, 0.2) is 12.3 Å². The topological polar surface area (TPSA) is 62.2 Å². The summed E-state index contributed by atoms with van der Waals surface area (Å²) in [6.07, 6.45) is 5.21. The minimum atomic E-state index is -1.03. The maximum atomic E-state index is 10.9. The Kier molecular flexibility index (Phi) is 4.07. The second-order valence-electron chi connectivity index (χ2n) is 4.88. The first-order valence-electron chi connectivity index (χ1n) is 6.21. The maximum Gasteiger partial charge on any atom is 0.337 e. The zero-order valence-corrected chi connectivity index (χ0v) is 11.1. The van der Waals surface area contributed by atoms with Crippen molar-refractivity contribution in [1.29, 1.82) is 0 Å². The second-order valence-corrected chi connectivity index (χ2v) is 5.25. The molecule has 1 saturated carbocycles. The molecule has 0 spiro atoms. The zero-order valence-electron chi connectivity index (χ0n) is 10.3. The number of carboxylic acid groups (broad SMARTS) is 1. The van der Waals surface area contributed by atoms with E-state index in [2.05, 4.69) is 17.2 Å². The number of carbonyl (C=O) groups is 1. The standard InChI is InChI=1S/C13H17ClN2O2/c1-8-3-2-4-9(8)7-16-12-11(14)10(13(17)18)5-6-15-12/h5-6,8-9H,2-4,7H2,1H3,(H,15,16)(H,17,18). The Morgan fingerprint density at radius 1 is 1.61 bits per heavy atom. The lowest BCUT2D eigenvalue weighted by Gasteiger charge is -2.17. The molecule has 5 heteroatoms. The third kappa shape index (κ3) is 2.75. The predicted molar refractivity (Wildman–Crippen MR) is 71.2 cm³/mol. The summed E-state index contributed by atoms with van der Waals surface area (Å²) in [5, 5.41) is 12.3. The van der Waals surface area contributed by atoms with E-state index >= 15 is 0 Å². The van der Waals surface area contributed by atoms with E-state index in [9.17, 15) is 4.79 Å². The van der Waals surface area contributed by atoms with Gasteiger partial charge >= 0.3 is 5.97 Å². The molecular formula is C13H17ClN2O2. The molecule has 1 aliphatic rings. The van der Waals surface area contributed by atoms with Crippen LogP contribution >= 0.6 is 11.6 Å². The highest BCUT2D eigenvalue weighted by atomic mass is 35.5. The van der Waals surface area contributed by atoms with Crippen LogP contribution in [0.1, 0.15) is 36.5 Å². The van der Waals surface area contributed by atoms with E-state index in [4.69, 9.17) is 16.7 Å². The zero-order chi connectivity index (χ0) is 13.1. The molecular weight excluding hydrogens is 252 g/mol. The van der Waals surface area contributed by atoms with Gasteiger partial charge in [-0.3, -0.25) is 0 Å². The molecule has 1 aromatic heterocycles. The summed E-state index contributed by atoms with van der Waals surface area (Å²) >= 11 is 6.02. The molecule has 0 aliphatic heterocycles. The molecule has 0 aromatic carbocycles. The van der Waals surface area contributed by atoms with Crippen molar-refractivity contribution >= 4 is 23.4 Å². The Bertz CT molecular complexity index is 451. The summed E-state index contributed by atoms with van der Waals surface area (Å²) in [6.45, 7) is 3.05. The highest BCUT2D eigenvalue weighted by molar-refractivity contribution is 6.35. The van der Waals surface area contributed by atoms with Gasteiger partial charge in [0.1, 0.15) is 5.82 Å². The second kappa shape index (κ2) is 5.57. The SMILES string of the molecule is CC1CCCC1CNc1nccc(C(=O)O)c1Cl. The van der Waals surface area contributed by atoms with Crippen molar-refractivity contribution in [2.24, 2.45) is 11.8 Å². The molecule has 1 aliphatic carbocycles. The summed E-state index contributed by atoms with van der Waals surface area (Å²) in [4.78, 5) is 15.0. The van der Waals surface area contributed by atoms with Gasteiger partial charge in [-0.15, -0.1) is 0 Å². The van der Waals surface area contributed by atoms with Crippen LogP contribution in [-0.2, 0) is 0 Å². The molecule has 2 atom stereocenters. The molecule has 1 aromatic rings. The molecule has 0 radical (unpaired) electrons. The van der Waals surface area contributed by atoms with Crippen LogP contribution in [0, 0.1) is 11.8 Å². The summed E-state index contributed by atoms with van der Waals surface area (Å²) in [6, 6.07) is 1.41. The molecule has 0 saturated heterocycles. The fourth-order valence-corrected chi connectivity index (χ4v) is 2.74. The Labute approximate surface area is 111 Å². The van der Waals surface area contributed by atoms with Crippen molar-refractivity contribution < 1.29 is 9.90 Å². The van der Waals surface area contributed by atoms with Crippen LogP contribution in [0.5, 0.6) is 0 Å². The van der Waals surface area contributed by atoms with Gasteiger partial charge in [-0.2, -0.15) is 0 Å². The number of anilines is 1. The molecule has 2 rings (SSSR count). The summed E-state index contributed by atoms with van der Waals surface area (Å²) < 4.78 is 0. The summed E-state index contributed by atoms with van der Waals surface area (Å²) in [5.74, 6) is 0.769. The predicted octanol–water partition coefficient (Wildman–Crippen LogP) is 3.28. The molecule has 2 N–H and O–H groups in total. The average Bonchev–Trinajstić information content (AvgIpc) is 2.73. The monoisotopic (exact) mass is 268 g/mol. The Balaban J connectivity index is 2.05. The highest BCUT2D eigenvalue weighted by Crippen LogP contribution is 2.32. The van der Waals surface area contributed by atoms with Crippen molar-refractivity contribution in [2.75, 3.05) is 11.9 Å². The molecule has 18 heavy (non-hydrogen) atoms. The van der Waals surface area contributed by atoms with Gasteiger partial charge in [-0.1, -0.05) is 31.4 Å². The van der Waals surface area contributed by atoms with Crippen LogP contribution in [0.2, 0.25) is 5.02 Å². The lowest BCUT2D eigenvalue weighted by atomic mass is 9.98. The number of aromatic carboxylic acids is 1. The molecule has 1 heterocycles. The minimum absolute atomic E-state index is 0.0913.